The minimum absolute atomic E-state index is 0.0965. The molecule has 1 heterocycles. The van der Waals surface area contributed by atoms with Gasteiger partial charge in [0.05, 0.1) is 23.3 Å². The summed E-state index contributed by atoms with van der Waals surface area (Å²) in [7, 11) is 0. The monoisotopic (exact) mass is 590 g/mol. The molecule has 234 valence electrons. The molecule has 0 saturated heterocycles. The SMILES string of the molecule is C=C(C)C(=C/C(=N)C(=O)C(C)C)/N=C/C(=C\C)COC(/C=N/C(/C=C/C)=C/C1=CCCN(C(=O)OC(C)(C)C)CC1)=C/C. The van der Waals surface area contributed by atoms with Crippen LogP contribution in [0.2, 0.25) is 0 Å². The van der Waals surface area contributed by atoms with E-state index in [1.165, 1.54) is 6.08 Å². The van der Waals surface area contributed by atoms with Gasteiger partial charge in [-0.3, -0.25) is 20.2 Å². The Kier molecular flexibility index (Phi) is 15.9. The number of Topliss-reactive ketones (excluding diaryl/α,β-unsaturated/α-hetero) is 1. The van der Waals surface area contributed by atoms with Crippen LogP contribution in [0, 0.1) is 11.3 Å². The maximum Gasteiger partial charge on any atom is 0.410 e. The smallest absolute Gasteiger partial charge is 0.410 e. The van der Waals surface area contributed by atoms with Gasteiger partial charge in [0.1, 0.15) is 18.0 Å². The van der Waals surface area contributed by atoms with Crippen LogP contribution in [0.5, 0.6) is 0 Å². The molecular formula is C35H50N4O4. The molecule has 1 rings (SSSR count). The Balaban J connectivity index is 2.93. The highest BCUT2D eigenvalue weighted by Gasteiger charge is 2.22. The van der Waals surface area contributed by atoms with Gasteiger partial charge in [-0.05, 0) is 96.8 Å². The summed E-state index contributed by atoms with van der Waals surface area (Å²) >= 11 is 0. The van der Waals surface area contributed by atoms with Crippen LogP contribution < -0.4 is 0 Å². The van der Waals surface area contributed by atoms with Crippen LogP contribution in [0.3, 0.4) is 0 Å². The van der Waals surface area contributed by atoms with Gasteiger partial charge in [-0.2, -0.15) is 0 Å². The molecule has 43 heavy (non-hydrogen) atoms. The molecule has 0 aromatic heterocycles. The molecule has 8 heteroatoms. The molecule has 8 nitrogen and oxygen atoms in total. The summed E-state index contributed by atoms with van der Waals surface area (Å²) in [6, 6.07) is 0. The normalized spacial score (nSPS) is 16.2. The molecule has 0 atom stereocenters. The van der Waals surface area contributed by atoms with Gasteiger partial charge in [0.2, 0.25) is 0 Å². The van der Waals surface area contributed by atoms with Gasteiger partial charge in [-0.15, -0.1) is 0 Å². The maximum absolute atomic E-state index is 12.5. The molecule has 0 fully saturated rings. The van der Waals surface area contributed by atoms with Crippen molar-refractivity contribution in [1.82, 2.24) is 4.90 Å². The summed E-state index contributed by atoms with van der Waals surface area (Å²) in [4.78, 5) is 35.5. The first-order valence-electron chi connectivity index (χ1n) is 14.7. The van der Waals surface area contributed by atoms with Crippen LogP contribution >= 0.6 is 0 Å². The predicted octanol–water partition coefficient (Wildman–Crippen LogP) is 8.12. The van der Waals surface area contributed by atoms with E-state index in [9.17, 15) is 9.59 Å². The number of carbonyl (C=O) groups is 2. The Morgan fingerprint density at radius 3 is 2.37 bits per heavy atom. The summed E-state index contributed by atoms with van der Waals surface area (Å²) in [6.07, 6.45) is 17.7. The summed E-state index contributed by atoms with van der Waals surface area (Å²) in [5.41, 5.74) is 3.19. The number of hydrogen-bond donors (Lipinski definition) is 1. The molecule has 1 N–H and O–H groups in total. The molecule has 0 aliphatic carbocycles. The second kappa shape index (κ2) is 18.5. The number of hydrogen-bond acceptors (Lipinski definition) is 7. The Labute approximate surface area is 258 Å². The largest absolute Gasteiger partial charge is 0.488 e. The van der Waals surface area contributed by atoms with Crippen LogP contribution in [0.15, 0.2) is 93.0 Å². The topological polar surface area (TPSA) is 104 Å². The average molecular weight is 591 g/mol. The summed E-state index contributed by atoms with van der Waals surface area (Å²) in [5, 5.41) is 8.06. The van der Waals surface area contributed by atoms with Crippen molar-refractivity contribution in [2.24, 2.45) is 15.9 Å². The molecule has 1 amide bonds. The maximum atomic E-state index is 12.5. The Morgan fingerprint density at radius 1 is 1.12 bits per heavy atom. The van der Waals surface area contributed by atoms with E-state index in [1.807, 2.05) is 71.9 Å². The first-order chi connectivity index (χ1) is 20.2. The van der Waals surface area contributed by atoms with Crippen molar-refractivity contribution in [1.29, 1.82) is 5.41 Å². The zero-order valence-electron chi connectivity index (χ0n) is 27.5. The lowest BCUT2D eigenvalue weighted by molar-refractivity contribution is -0.115. The van der Waals surface area contributed by atoms with Crippen molar-refractivity contribution in [3.05, 3.63) is 83.0 Å². The highest BCUT2D eigenvalue weighted by molar-refractivity contribution is 6.43. The molecule has 0 unspecified atom stereocenters. The van der Waals surface area contributed by atoms with Gasteiger partial charge >= 0.3 is 6.09 Å². The fourth-order valence-corrected chi connectivity index (χ4v) is 3.65. The van der Waals surface area contributed by atoms with E-state index in [0.717, 1.165) is 23.3 Å². The fraction of sp³-hybridized carbons (Fsp3) is 0.457. The van der Waals surface area contributed by atoms with Gasteiger partial charge in [-0.1, -0.05) is 38.7 Å². The van der Waals surface area contributed by atoms with E-state index in [2.05, 4.69) is 22.6 Å². The Hall–Kier alpha value is -4.07. The van der Waals surface area contributed by atoms with Gasteiger partial charge in [0, 0.05) is 30.8 Å². The third-order valence-corrected chi connectivity index (χ3v) is 6.08. The van der Waals surface area contributed by atoms with Crippen LogP contribution in [-0.2, 0) is 14.3 Å². The number of nitrogens with one attached hydrogen (secondary N) is 1. The first-order valence-corrected chi connectivity index (χ1v) is 14.7. The second-order valence-corrected chi connectivity index (χ2v) is 11.5. The van der Waals surface area contributed by atoms with Crippen LogP contribution in [-0.4, -0.2) is 60.2 Å². The van der Waals surface area contributed by atoms with Crippen molar-refractivity contribution >= 4 is 30.0 Å². The molecule has 0 radical (unpaired) electrons. The fourth-order valence-electron chi connectivity index (χ4n) is 3.65. The van der Waals surface area contributed by atoms with E-state index in [-0.39, 0.29) is 30.1 Å². The summed E-state index contributed by atoms with van der Waals surface area (Å²) < 4.78 is 11.5. The van der Waals surface area contributed by atoms with Crippen molar-refractivity contribution in [3.8, 4) is 0 Å². The van der Waals surface area contributed by atoms with E-state index in [0.29, 0.717) is 36.5 Å². The first kappa shape index (κ1) is 37.0. The Bertz CT molecular complexity index is 1260. The minimum atomic E-state index is -0.523. The number of aliphatic imine (C=N–C) groups is 2. The number of rotatable bonds is 13. The molecule has 0 spiro atoms. The van der Waals surface area contributed by atoms with Crippen LogP contribution in [0.4, 0.5) is 4.79 Å². The van der Waals surface area contributed by atoms with Crippen molar-refractivity contribution in [3.63, 3.8) is 0 Å². The number of allylic oxidation sites excluding steroid dienone is 8. The molecule has 1 aliphatic heterocycles. The number of ketones is 1. The number of carbonyl (C=O) groups excluding carboxylic acids is 2. The number of amides is 1. The third kappa shape index (κ3) is 14.6. The van der Waals surface area contributed by atoms with E-state index >= 15 is 0 Å². The highest BCUT2D eigenvalue weighted by atomic mass is 16.6. The zero-order chi connectivity index (χ0) is 32.6. The number of nitrogens with zero attached hydrogens (tertiary/aromatic N) is 3. The molecule has 0 aromatic rings. The summed E-state index contributed by atoms with van der Waals surface area (Å²) in [6.45, 7) is 22.0. The zero-order valence-corrected chi connectivity index (χ0v) is 27.5. The molecule has 1 aliphatic rings. The lowest BCUT2D eigenvalue weighted by Crippen LogP contribution is -2.37. The second-order valence-electron chi connectivity index (χ2n) is 11.5. The van der Waals surface area contributed by atoms with Crippen molar-refractivity contribution < 1.29 is 19.1 Å². The summed E-state index contributed by atoms with van der Waals surface area (Å²) in [5.74, 6) is 0.0835. The highest BCUT2D eigenvalue weighted by Crippen LogP contribution is 2.18. The van der Waals surface area contributed by atoms with E-state index in [1.54, 1.807) is 38.1 Å². The predicted molar refractivity (Wildman–Crippen MR) is 179 cm³/mol. The molecule has 0 aromatic carbocycles. The quantitative estimate of drug-likeness (QED) is 0.133. The van der Waals surface area contributed by atoms with Gasteiger partial charge in [0.25, 0.3) is 0 Å². The standard InChI is InChI=1S/C35H50N4O4/c1-11-15-29(20-28-16-14-18-39(19-17-28)34(41)43-35(8,9)10)37-23-30(13-3)42-24-27(12-2)22-38-32(25(4)5)21-31(36)33(40)26(6)7/h11-13,15-16,20-23,26,36H,4,14,17-19,24H2,1-3,5-10H3/b15-11+,27-12+,29-20+,30-13+,32-21-,36-31?,37-23+,38-22+. The van der Waals surface area contributed by atoms with E-state index < -0.39 is 5.60 Å². The van der Waals surface area contributed by atoms with Crippen LogP contribution in [0.1, 0.15) is 75.2 Å². The lowest BCUT2D eigenvalue weighted by Gasteiger charge is -2.26. The van der Waals surface area contributed by atoms with E-state index in [4.69, 9.17) is 14.9 Å². The van der Waals surface area contributed by atoms with Crippen LogP contribution in [0.25, 0.3) is 0 Å². The Morgan fingerprint density at radius 2 is 1.81 bits per heavy atom. The van der Waals surface area contributed by atoms with Gasteiger partial charge in [-0.25, -0.2) is 4.79 Å². The molecular weight excluding hydrogens is 540 g/mol. The van der Waals surface area contributed by atoms with Crippen molar-refractivity contribution in [2.45, 2.75) is 80.8 Å². The van der Waals surface area contributed by atoms with Gasteiger partial charge < -0.3 is 14.4 Å². The minimum Gasteiger partial charge on any atom is -0.488 e. The molecule has 0 bridgehead atoms. The number of ether oxygens (including phenoxy) is 2. The average Bonchev–Trinajstić information content (AvgIpc) is 3.17. The lowest BCUT2D eigenvalue weighted by atomic mass is 10.0. The van der Waals surface area contributed by atoms with Crippen molar-refractivity contribution in [2.75, 3.05) is 19.7 Å². The van der Waals surface area contributed by atoms with Gasteiger partial charge in [0.15, 0.2) is 5.78 Å². The third-order valence-electron chi connectivity index (χ3n) is 6.08. The molecule has 0 saturated carbocycles.